The zero-order valence-electron chi connectivity index (χ0n) is 8.52. The van der Waals surface area contributed by atoms with Crippen molar-refractivity contribution in [2.24, 2.45) is 0 Å². The number of carbonyl (C=O) groups is 1. The summed E-state index contributed by atoms with van der Waals surface area (Å²) < 4.78 is 13.0. The zero-order valence-corrected chi connectivity index (χ0v) is 9.27. The molecule has 0 spiro atoms. The molecule has 0 unspecified atom stereocenters. The maximum absolute atomic E-state index is 13.0. The van der Waals surface area contributed by atoms with Crippen molar-refractivity contribution < 1.29 is 9.18 Å². The smallest absolute Gasteiger partial charge is 0.251 e. The summed E-state index contributed by atoms with van der Waals surface area (Å²) in [7, 11) is 0. The van der Waals surface area contributed by atoms with Gasteiger partial charge in [0.05, 0.1) is 0 Å². The van der Waals surface area contributed by atoms with Crippen molar-refractivity contribution in [2.75, 3.05) is 12.4 Å². The van der Waals surface area contributed by atoms with Gasteiger partial charge in [0, 0.05) is 18.0 Å². The van der Waals surface area contributed by atoms with E-state index in [1.165, 1.54) is 12.1 Å². The Bertz CT molecular complexity index is 334. The molecule has 1 aromatic rings. The molecule has 0 bridgehead atoms. The summed E-state index contributed by atoms with van der Waals surface area (Å²) in [5, 5.41) is 2.66. The van der Waals surface area contributed by atoms with Gasteiger partial charge < -0.3 is 5.32 Å². The van der Waals surface area contributed by atoms with E-state index in [4.69, 9.17) is 11.6 Å². The van der Waals surface area contributed by atoms with Gasteiger partial charge in [-0.3, -0.25) is 4.79 Å². The van der Waals surface area contributed by atoms with Crippen molar-refractivity contribution in [3.63, 3.8) is 0 Å². The van der Waals surface area contributed by atoms with Gasteiger partial charge in [-0.2, -0.15) is 0 Å². The van der Waals surface area contributed by atoms with Crippen LogP contribution >= 0.6 is 11.6 Å². The van der Waals surface area contributed by atoms with Gasteiger partial charge in [0.15, 0.2) is 0 Å². The van der Waals surface area contributed by atoms with E-state index in [0.717, 1.165) is 5.56 Å². The van der Waals surface area contributed by atoms with E-state index in [0.29, 0.717) is 24.4 Å². The highest BCUT2D eigenvalue weighted by Gasteiger charge is 2.06. The van der Waals surface area contributed by atoms with Crippen LogP contribution < -0.4 is 5.32 Å². The van der Waals surface area contributed by atoms with Crippen LogP contribution in [0.4, 0.5) is 4.39 Å². The molecule has 1 rings (SSSR count). The first kappa shape index (κ1) is 12.0. The predicted molar refractivity (Wildman–Crippen MR) is 58.8 cm³/mol. The molecule has 1 N–H and O–H groups in total. The van der Waals surface area contributed by atoms with Crippen molar-refractivity contribution in [3.8, 4) is 0 Å². The minimum Gasteiger partial charge on any atom is -0.352 e. The predicted octanol–water partition coefficient (Wildman–Crippen LogP) is 2.49. The fourth-order valence-corrected chi connectivity index (χ4v) is 1.37. The fourth-order valence-electron chi connectivity index (χ4n) is 1.24. The van der Waals surface area contributed by atoms with E-state index in [2.05, 4.69) is 5.32 Å². The SMILES string of the molecule is Cc1cc(F)cc(C(=O)NCCCCl)c1. The molecule has 0 aliphatic carbocycles. The Balaban J connectivity index is 2.65. The van der Waals surface area contributed by atoms with Gasteiger partial charge in [-0.15, -0.1) is 11.6 Å². The van der Waals surface area contributed by atoms with Crippen molar-refractivity contribution >= 4 is 17.5 Å². The Morgan fingerprint density at radius 2 is 2.20 bits per heavy atom. The maximum Gasteiger partial charge on any atom is 0.251 e. The topological polar surface area (TPSA) is 29.1 Å². The molecule has 4 heteroatoms. The normalized spacial score (nSPS) is 10.1. The highest BCUT2D eigenvalue weighted by molar-refractivity contribution is 6.17. The molecule has 0 saturated heterocycles. The van der Waals surface area contributed by atoms with E-state index < -0.39 is 5.82 Å². The molecule has 0 radical (unpaired) electrons. The highest BCUT2D eigenvalue weighted by Crippen LogP contribution is 2.08. The molecule has 82 valence electrons. The van der Waals surface area contributed by atoms with Crippen LogP contribution in [0.2, 0.25) is 0 Å². The van der Waals surface area contributed by atoms with Crippen LogP contribution in [-0.4, -0.2) is 18.3 Å². The van der Waals surface area contributed by atoms with Crippen molar-refractivity contribution in [3.05, 3.63) is 35.1 Å². The molecule has 0 saturated carbocycles. The molecule has 1 aromatic carbocycles. The minimum absolute atomic E-state index is 0.261. The zero-order chi connectivity index (χ0) is 11.3. The number of aryl methyl sites for hydroxylation is 1. The van der Waals surface area contributed by atoms with Gasteiger partial charge >= 0.3 is 0 Å². The van der Waals surface area contributed by atoms with Crippen LogP contribution in [0, 0.1) is 12.7 Å². The standard InChI is InChI=1S/C11H13ClFNO/c1-8-5-9(7-10(13)6-8)11(15)14-4-2-3-12/h5-7H,2-4H2,1H3,(H,14,15). The molecular weight excluding hydrogens is 217 g/mol. The lowest BCUT2D eigenvalue weighted by atomic mass is 10.1. The fraction of sp³-hybridized carbons (Fsp3) is 0.364. The second-order valence-electron chi connectivity index (χ2n) is 3.32. The monoisotopic (exact) mass is 229 g/mol. The molecule has 0 aromatic heterocycles. The Kier molecular flexibility index (Phi) is 4.56. The van der Waals surface area contributed by atoms with Crippen LogP contribution in [0.3, 0.4) is 0 Å². The van der Waals surface area contributed by atoms with Crippen LogP contribution in [0.15, 0.2) is 18.2 Å². The molecule has 0 fully saturated rings. The molecule has 15 heavy (non-hydrogen) atoms. The molecular formula is C11H13ClFNO. The van der Waals surface area contributed by atoms with Gasteiger partial charge in [0.2, 0.25) is 0 Å². The molecule has 0 aliphatic rings. The van der Waals surface area contributed by atoms with E-state index in [9.17, 15) is 9.18 Å². The lowest BCUT2D eigenvalue weighted by Crippen LogP contribution is -2.24. The van der Waals surface area contributed by atoms with Crippen LogP contribution in [0.5, 0.6) is 0 Å². The van der Waals surface area contributed by atoms with Gasteiger partial charge in [-0.25, -0.2) is 4.39 Å². The summed E-state index contributed by atoms with van der Waals surface area (Å²) in [5.74, 6) is -0.150. The largest absolute Gasteiger partial charge is 0.352 e. The average molecular weight is 230 g/mol. The summed E-state index contributed by atoms with van der Waals surface area (Å²) in [6.45, 7) is 2.26. The van der Waals surface area contributed by atoms with E-state index >= 15 is 0 Å². The lowest BCUT2D eigenvalue weighted by Gasteiger charge is -2.04. The lowest BCUT2D eigenvalue weighted by molar-refractivity contribution is 0.0953. The van der Waals surface area contributed by atoms with Crippen LogP contribution in [0.25, 0.3) is 0 Å². The number of amides is 1. The highest BCUT2D eigenvalue weighted by atomic mass is 35.5. The molecule has 0 atom stereocenters. The van der Waals surface area contributed by atoms with Crippen LogP contribution in [-0.2, 0) is 0 Å². The third kappa shape index (κ3) is 3.88. The number of alkyl halides is 1. The summed E-state index contributed by atoms with van der Waals surface area (Å²) in [5.41, 5.74) is 1.08. The first-order valence-electron chi connectivity index (χ1n) is 4.75. The number of rotatable bonds is 4. The number of halogens is 2. The minimum atomic E-state index is -0.391. The average Bonchev–Trinajstić information content (AvgIpc) is 2.16. The third-order valence-corrected chi connectivity index (χ3v) is 2.17. The van der Waals surface area contributed by atoms with E-state index in [1.807, 2.05) is 0 Å². The number of hydrogen-bond acceptors (Lipinski definition) is 1. The summed E-state index contributed by atoms with van der Waals surface area (Å²) >= 11 is 5.47. The van der Waals surface area contributed by atoms with Gasteiger partial charge in [0.25, 0.3) is 5.91 Å². The van der Waals surface area contributed by atoms with Crippen LogP contribution in [0.1, 0.15) is 22.3 Å². The van der Waals surface area contributed by atoms with Crippen molar-refractivity contribution in [1.82, 2.24) is 5.32 Å². The number of nitrogens with one attached hydrogen (secondary N) is 1. The molecule has 2 nitrogen and oxygen atoms in total. The quantitative estimate of drug-likeness (QED) is 0.624. The Labute approximate surface area is 93.4 Å². The van der Waals surface area contributed by atoms with Gasteiger partial charge in [-0.1, -0.05) is 0 Å². The Hall–Kier alpha value is -1.09. The Morgan fingerprint density at radius 1 is 1.47 bits per heavy atom. The third-order valence-electron chi connectivity index (χ3n) is 1.90. The number of hydrogen-bond donors (Lipinski definition) is 1. The number of carbonyl (C=O) groups excluding carboxylic acids is 1. The maximum atomic E-state index is 13.0. The first-order chi connectivity index (χ1) is 7.13. The molecule has 0 heterocycles. The second kappa shape index (κ2) is 5.71. The van der Waals surface area contributed by atoms with E-state index in [-0.39, 0.29) is 5.91 Å². The first-order valence-corrected chi connectivity index (χ1v) is 5.28. The second-order valence-corrected chi connectivity index (χ2v) is 3.69. The summed E-state index contributed by atoms with van der Waals surface area (Å²) in [6.07, 6.45) is 0.710. The van der Waals surface area contributed by atoms with Gasteiger partial charge in [-0.05, 0) is 37.1 Å². The van der Waals surface area contributed by atoms with Crippen molar-refractivity contribution in [2.45, 2.75) is 13.3 Å². The Morgan fingerprint density at radius 3 is 2.80 bits per heavy atom. The summed E-state index contributed by atoms with van der Waals surface area (Å²) in [6, 6.07) is 4.26. The van der Waals surface area contributed by atoms with E-state index in [1.54, 1.807) is 13.0 Å². The van der Waals surface area contributed by atoms with Gasteiger partial charge in [0.1, 0.15) is 5.82 Å². The molecule has 1 amide bonds. The molecule has 0 aliphatic heterocycles. The van der Waals surface area contributed by atoms with Crippen molar-refractivity contribution in [1.29, 1.82) is 0 Å². The number of benzene rings is 1. The summed E-state index contributed by atoms with van der Waals surface area (Å²) in [4.78, 5) is 11.5.